The van der Waals surface area contributed by atoms with Crippen molar-refractivity contribution in [3.05, 3.63) is 62.5 Å². The van der Waals surface area contributed by atoms with Gasteiger partial charge in [-0.15, -0.1) is 0 Å². The highest BCUT2D eigenvalue weighted by molar-refractivity contribution is 6.00. The van der Waals surface area contributed by atoms with Gasteiger partial charge in [0, 0.05) is 23.5 Å². The summed E-state index contributed by atoms with van der Waals surface area (Å²) in [6.07, 6.45) is -1.42. The number of rotatable bonds is 6. The molecular formula is C21H23N3O6. The normalized spacial score (nSPS) is 17.2. The monoisotopic (exact) mass is 413 g/mol. The van der Waals surface area contributed by atoms with Gasteiger partial charge < -0.3 is 14.8 Å². The molecule has 2 atom stereocenters. The molecule has 0 fully saturated rings. The molecule has 2 rings (SSSR count). The van der Waals surface area contributed by atoms with Gasteiger partial charge in [0.15, 0.2) is 6.10 Å². The van der Waals surface area contributed by atoms with Crippen LogP contribution in [0, 0.1) is 21.4 Å². The van der Waals surface area contributed by atoms with E-state index >= 15 is 0 Å². The van der Waals surface area contributed by atoms with Gasteiger partial charge in [0.25, 0.3) is 5.69 Å². The fraction of sp³-hybridized carbons (Fsp3) is 0.381. The Morgan fingerprint density at radius 2 is 1.70 bits per heavy atom. The van der Waals surface area contributed by atoms with E-state index in [1.807, 2.05) is 6.07 Å². The molecule has 9 heteroatoms. The number of non-ortho nitro benzene ring substituents is 1. The van der Waals surface area contributed by atoms with Crippen molar-refractivity contribution >= 4 is 17.6 Å². The number of carbonyl (C=O) groups is 2. The van der Waals surface area contributed by atoms with Crippen LogP contribution in [-0.4, -0.2) is 29.1 Å². The average molecular weight is 413 g/mol. The number of ether oxygens (including phenoxy) is 2. The molecule has 0 aromatic heterocycles. The summed E-state index contributed by atoms with van der Waals surface area (Å²) < 4.78 is 10.5. The topological polar surface area (TPSA) is 132 Å². The molecule has 1 N–H and O–H groups in total. The molecule has 0 saturated carbocycles. The minimum absolute atomic E-state index is 0.0823. The molecule has 0 bridgehead atoms. The van der Waals surface area contributed by atoms with Crippen molar-refractivity contribution in [3.8, 4) is 6.07 Å². The van der Waals surface area contributed by atoms with E-state index in [1.165, 1.54) is 25.1 Å². The minimum atomic E-state index is -1.01. The number of esters is 2. The molecule has 0 radical (unpaired) electrons. The summed E-state index contributed by atoms with van der Waals surface area (Å²) in [5.41, 5.74) is 1.28. The summed E-state index contributed by atoms with van der Waals surface area (Å²) in [4.78, 5) is 36.5. The van der Waals surface area contributed by atoms with Gasteiger partial charge in [0.1, 0.15) is 6.07 Å². The van der Waals surface area contributed by atoms with Crippen LogP contribution in [0.3, 0.4) is 0 Å². The van der Waals surface area contributed by atoms with Gasteiger partial charge >= 0.3 is 11.9 Å². The lowest BCUT2D eigenvalue weighted by atomic mass is 9.80. The fourth-order valence-electron chi connectivity index (χ4n) is 3.21. The number of benzene rings is 1. The standard InChI is InChI=1S/C21H23N3O6/c1-11(2)29-20(25)17-13(4)23-14(5)18(21(26)30-12(3)10-22)19(17)15-7-6-8-16(9-15)24(27)28/h6-9,11-12,19,23H,1-5H3. The Kier molecular flexibility index (Phi) is 6.95. The second kappa shape index (κ2) is 9.22. The number of nitro groups is 1. The summed E-state index contributed by atoms with van der Waals surface area (Å²) in [5, 5.41) is 23.3. The Balaban J connectivity index is 2.68. The van der Waals surface area contributed by atoms with Crippen LogP contribution < -0.4 is 5.32 Å². The summed E-state index contributed by atoms with van der Waals surface area (Å²) in [7, 11) is 0. The molecule has 0 aliphatic carbocycles. The highest BCUT2D eigenvalue weighted by Crippen LogP contribution is 2.40. The molecular weight excluding hydrogens is 390 g/mol. The highest BCUT2D eigenvalue weighted by Gasteiger charge is 2.39. The summed E-state index contributed by atoms with van der Waals surface area (Å²) in [5.74, 6) is -2.42. The second-order valence-corrected chi connectivity index (χ2v) is 7.12. The first-order chi connectivity index (χ1) is 14.1. The lowest BCUT2D eigenvalue weighted by Crippen LogP contribution is -2.33. The van der Waals surface area contributed by atoms with Crippen molar-refractivity contribution in [2.45, 2.75) is 52.7 Å². The number of carbonyl (C=O) groups excluding carboxylic acids is 2. The summed E-state index contributed by atoms with van der Waals surface area (Å²) >= 11 is 0. The largest absolute Gasteiger partial charge is 0.460 e. The predicted molar refractivity (Wildman–Crippen MR) is 107 cm³/mol. The van der Waals surface area contributed by atoms with Gasteiger partial charge in [-0.3, -0.25) is 10.1 Å². The van der Waals surface area contributed by atoms with Crippen molar-refractivity contribution in [2.24, 2.45) is 0 Å². The van der Waals surface area contributed by atoms with E-state index in [0.29, 0.717) is 17.0 Å². The Morgan fingerprint density at radius 1 is 1.13 bits per heavy atom. The third kappa shape index (κ3) is 4.84. The van der Waals surface area contributed by atoms with Gasteiger partial charge in [-0.2, -0.15) is 5.26 Å². The van der Waals surface area contributed by atoms with E-state index in [9.17, 15) is 19.7 Å². The predicted octanol–water partition coefficient (Wildman–Crippen LogP) is 3.24. The second-order valence-electron chi connectivity index (χ2n) is 7.12. The number of hydrogen-bond acceptors (Lipinski definition) is 8. The molecule has 158 valence electrons. The summed E-state index contributed by atoms with van der Waals surface area (Å²) in [6.45, 7) is 8.09. The van der Waals surface area contributed by atoms with Crippen LogP contribution in [0.5, 0.6) is 0 Å². The van der Waals surface area contributed by atoms with Gasteiger partial charge in [0.2, 0.25) is 0 Å². The fourth-order valence-corrected chi connectivity index (χ4v) is 3.21. The molecule has 1 heterocycles. The van der Waals surface area contributed by atoms with Gasteiger partial charge in [-0.25, -0.2) is 9.59 Å². The van der Waals surface area contributed by atoms with Crippen LogP contribution in [-0.2, 0) is 19.1 Å². The third-order valence-corrected chi connectivity index (χ3v) is 4.42. The number of nitriles is 1. The maximum absolute atomic E-state index is 12.9. The first-order valence-electron chi connectivity index (χ1n) is 9.31. The molecule has 1 aromatic rings. The number of allylic oxidation sites excluding steroid dienone is 2. The Morgan fingerprint density at radius 3 is 2.20 bits per heavy atom. The number of nitrogens with one attached hydrogen (secondary N) is 1. The van der Waals surface area contributed by atoms with Crippen LogP contribution >= 0.6 is 0 Å². The van der Waals surface area contributed by atoms with E-state index in [4.69, 9.17) is 14.7 Å². The minimum Gasteiger partial charge on any atom is -0.460 e. The Labute approximate surface area is 174 Å². The average Bonchev–Trinajstić information content (AvgIpc) is 2.66. The maximum Gasteiger partial charge on any atom is 0.338 e. The van der Waals surface area contributed by atoms with Crippen molar-refractivity contribution in [1.29, 1.82) is 5.26 Å². The van der Waals surface area contributed by atoms with Gasteiger partial charge in [-0.1, -0.05) is 12.1 Å². The third-order valence-electron chi connectivity index (χ3n) is 4.42. The van der Waals surface area contributed by atoms with E-state index in [1.54, 1.807) is 33.8 Å². The van der Waals surface area contributed by atoms with Crippen LogP contribution in [0.2, 0.25) is 0 Å². The number of dihydropyridines is 1. The molecule has 2 unspecified atom stereocenters. The SMILES string of the molecule is CC1=C(C(=O)OC(C)C)C(c2cccc([N+](=O)[O-])c2)C(C(=O)OC(C)C#N)=C(C)N1. The van der Waals surface area contributed by atoms with Crippen molar-refractivity contribution < 1.29 is 24.0 Å². The summed E-state index contributed by atoms with van der Waals surface area (Å²) in [6, 6.07) is 7.51. The zero-order chi connectivity index (χ0) is 22.6. The molecule has 0 amide bonds. The lowest BCUT2D eigenvalue weighted by Gasteiger charge is -2.31. The van der Waals surface area contributed by atoms with E-state index in [0.717, 1.165) is 0 Å². The molecule has 1 aliphatic heterocycles. The van der Waals surface area contributed by atoms with E-state index in [2.05, 4.69) is 5.32 Å². The molecule has 30 heavy (non-hydrogen) atoms. The first-order valence-corrected chi connectivity index (χ1v) is 9.31. The van der Waals surface area contributed by atoms with Crippen LogP contribution in [0.15, 0.2) is 46.8 Å². The smallest absolute Gasteiger partial charge is 0.338 e. The zero-order valence-electron chi connectivity index (χ0n) is 17.4. The molecule has 1 aliphatic rings. The number of nitrogens with zero attached hydrogens (tertiary/aromatic N) is 2. The van der Waals surface area contributed by atoms with Crippen molar-refractivity contribution in [2.75, 3.05) is 0 Å². The van der Waals surface area contributed by atoms with E-state index < -0.39 is 35.0 Å². The Hall–Kier alpha value is -3.67. The van der Waals surface area contributed by atoms with Crippen LogP contribution in [0.25, 0.3) is 0 Å². The van der Waals surface area contributed by atoms with Crippen LogP contribution in [0.1, 0.15) is 46.1 Å². The van der Waals surface area contributed by atoms with E-state index in [-0.39, 0.29) is 16.8 Å². The van der Waals surface area contributed by atoms with Crippen molar-refractivity contribution in [3.63, 3.8) is 0 Å². The quantitative estimate of drug-likeness (QED) is 0.427. The number of hydrogen-bond donors (Lipinski definition) is 1. The molecule has 9 nitrogen and oxygen atoms in total. The maximum atomic E-state index is 12.9. The molecule has 0 saturated heterocycles. The van der Waals surface area contributed by atoms with Gasteiger partial charge in [0.05, 0.1) is 28.1 Å². The first kappa shape index (κ1) is 22.6. The lowest BCUT2D eigenvalue weighted by molar-refractivity contribution is -0.384. The van der Waals surface area contributed by atoms with Crippen molar-refractivity contribution in [1.82, 2.24) is 5.32 Å². The van der Waals surface area contributed by atoms with Gasteiger partial charge in [-0.05, 0) is 40.2 Å². The zero-order valence-corrected chi connectivity index (χ0v) is 17.4. The number of nitro benzene ring substituents is 1. The highest BCUT2D eigenvalue weighted by atomic mass is 16.6. The van der Waals surface area contributed by atoms with Crippen LogP contribution in [0.4, 0.5) is 5.69 Å². The molecule has 1 aromatic carbocycles. The Bertz CT molecular complexity index is 987. The molecule has 0 spiro atoms.